The number of hydrogen-bond acceptors (Lipinski definition) is 3. The maximum atomic E-state index is 6.78. The SMILES string of the molecule is C/C=C\C=C/C.CC.CC.Cc1ccccc1-c1cc2c3ccccc3n(-c3ccc(C(N)NC(Nc4ccccc4)c4ccccc4)cc3)c2cc1C. The molecule has 4 heteroatoms. The zero-order valence-corrected chi connectivity index (χ0v) is 33.3. The smallest absolute Gasteiger partial charge is 0.105 e. The molecule has 2 unspecified atom stereocenters. The van der Waals surface area contributed by atoms with Crippen LogP contribution >= 0.6 is 0 Å². The number of fused-ring (bicyclic) bond motifs is 3. The number of para-hydroxylation sites is 2. The number of nitrogens with two attached hydrogens (primary N) is 1. The summed E-state index contributed by atoms with van der Waals surface area (Å²) in [6.07, 6.45) is 7.47. The van der Waals surface area contributed by atoms with Crippen molar-refractivity contribution in [3.05, 3.63) is 192 Å². The molecule has 278 valence electrons. The van der Waals surface area contributed by atoms with Crippen LogP contribution in [0, 0.1) is 13.8 Å². The van der Waals surface area contributed by atoms with Gasteiger partial charge in [-0.2, -0.15) is 0 Å². The zero-order valence-electron chi connectivity index (χ0n) is 33.3. The van der Waals surface area contributed by atoms with Crippen molar-refractivity contribution in [3.8, 4) is 16.8 Å². The molecule has 2 atom stereocenters. The Morgan fingerprint density at radius 2 is 1.11 bits per heavy atom. The largest absolute Gasteiger partial charge is 0.366 e. The molecule has 0 spiro atoms. The molecule has 0 amide bonds. The summed E-state index contributed by atoms with van der Waals surface area (Å²) in [5.41, 5.74) is 18.6. The van der Waals surface area contributed by atoms with E-state index in [0.29, 0.717) is 0 Å². The summed E-state index contributed by atoms with van der Waals surface area (Å²) in [4.78, 5) is 0. The van der Waals surface area contributed by atoms with Gasteiger partial charge in [0.1, 0.15) is 6.17 Å². The van der Waals surface area contributed by atoms with Crippen molar-refractivity contribution in [2.75, 3.05) is 5.32 Å². The summed E-state index contributed by atoms with van der Waals surface area (Å²) < 4.78 is 2.37. The van der Waals surface area contributed by atoms with Crippen molar-refractivity contribution in [1.29, 1.82) is 0 Å². The van der Waals surface area contributed by atoms with Crippen molar-refractivity contribution in [1.82, 2.24) is 9.88 Å². The number of nitrogens with zero attached hydrogens (tertiary/aromatic N) is 1. The van der Waals surface area contributed by atoms with Crippen LogP contribution < -0.4 is 16.4 Å². The number of benzene rings is 6. The molecule has 0 aliphatic heterocycles. The lowest BCUT2D eigenvalue weighted by Crippen LogP contribution is -2.36. The summed E-state index contributed by atoms with van der Waals surface area (Å²) in [5.74, 6) is 0. The van der Waals surface area contributed by atoms with Crippen molar-refractivity contribution in [2.45, 2.75) is 67.7 Å². The molecule has 0 bridgehead atoms. The highest BCUT2D eigenvalue weighted by Gasteiger charge is 2.18. The first-order valence-electron chi connectivity index (χ1n) is 19.3. The lowest BCUT2D eigenvalue weighted by Gasteiger charge is -2.26. The number of anilines is 1. The van der Waals surface area contributed by atoms with Crippen LogP contribution in [0.15, 0.2) is 170 Å². The van der Waals surface area contributed by atoms with E-state index in [1.807, 2.05) is 90.1 Å². The third-order valence-corrected chi connectivity index (χ3v) is 9.02. The van der Waals surface area contributed by atoms with Crippen LogP contribution in [-0.4, -0.2) is 4.57 Å². The molecule has 54 heavy (non-hydrogen) atoms. The first kappa shape index (κ1) is 41.1. The normalized spacial score (nSPS) is 11.9. The fourth-order valence-electron chi connectivity index (χ4n) is 6.46. The van der Waals surface area contributed by atoms with Crippen LogP contribution in [0.1, 0.15) is 76.1 Å². The number of allylic oxidation sites excluding steroid dienone is 4. The monoisotopic (exact) mass is 714 g/mol. The van der Waals surface area contributed by atoms with Gasteiger partial charge in [0, 0.05) is 22.1 Å². The molecular weight excluding hydrogens is 657 g/mol. The van der Waals surface area contributed by atoms with E-state index in [2.05, 4.69) is 150 Å². The fraction of sp³-hybridized carbons (Fsp3) is 0.200. The summed E-state index contributed by atoms with van der Waals surface area (Å²) in [7, 11) is 0. The maximum absolute atomic E-state index is 6.78. The van der Waals surface area contributed by atoms with Gasteiger partial charge >= 0.3 is 0 Å². The van der Waals surface area contributed by atoms with E-state index in [0.717, 1.165) is 22.5 Å². The van der Waals surface area contributed by atoms with Crippen LogP contribution in [0.2, 0.25) is 0 Å². The topological polar surface area (TPSA) is 55.0 Å². The molecular formula is C50H58N4. The summed E-state index contributed by atoms with van der Waals surface area (Å²) in [5, 5.41) is 9.71. The van der Waals surface area contributed by atoms with Crippen molar-refractivity contribution < 1.29 is 0 Å². The molecule has 0 aliphatic carbocycles. The van der Waals surface area contributed by atoms with Crippen LogP contribution in [-0.2, 0) is 0 Å². The fourth-order valence-corrected chi connectivity index (χ4v) is 6.46. The second-order valence-electron chi connectivity index (χ2n) is 12.5. The molecule has 4 N–H and O–H groups in total. The Morgan fingerprint density at radius 3 is 1.74 bits per heavy atom. The van der Waals surface area contributed by atoms with Gasteiger partial charge in [-0.1, -0.05) is 155 Å². The lowest BCUT2D eigenvalue weighted by atomic mass is 9.95. The third-order valence-electron chi connectivity index (χ3n) is 9.02. The van der Waals surface area contributed by atoms with Gasteiger partial charge in [-0.05, 0) is 104 Å². The highest BCUT2D eigenvalue weighted by molar-refractivity contribution is 6.11. The van der Waals surface area contributed by atoms with Gasteiger partial charge < -0.3 is 15.6 Å². The van der Waals surface area contributed by atoms with Gasteiger partial charge in [0.2, 0.25) is 0 Å². The quantitative estimate of drug-likeness (QED) is 0.103. The van der Waals surface area contributed by atoms with E-state index in [9.17, 15) is 0 Å². The minimum atomic E-state index is -0.373. The van der Waals surface area contributed by atoms with E-state index in [-0.39, 0.29) is 12.3 Å². The predicted molar refractivity (Wildman–Crippen MR) is 237 cm³/mol. The number of hydrogen-bond donors (Lipinski definition) is 3. The van der Waals surface area contributed by atoms with E-state index >= 15 is 0 Å². The van der Waals surface area contributed by atoms with E-state index in [1.54, 1.807) is 0 Å². The molecule has 1 aromatic heterocycles. The second kappa shape index (κ2) is 21.1. The Morgan fingerprint density at radius 1 is 0.537 bits per heavy atom. The molecule has 6 aromatic carbocycles. The van der Waals surface area contributed by atoms with Crippen LogP contribution in [0.5, 0.6) is 0 Å². The molecule has 7 rings (SSSR count). The first-order valence-corrected chi connectivity index (χ1v) is 19.3. The van der Waals surface area contributed by atoms with Gasteiger partial charge in [-0.15, -0.1) is 0 Å². The average Bonchev–Trinajstić information content (AvgIpc) is 3.55. The minimum Gasteiger partial charge on any atom is -0.366 e. The number of aromatic nitrogens is 1. The van der Waals surface area contributed by atoms with Crippen LogP contribution in [0.3, 0.4) is 0 Å². The Labute approximate surface area is 324 Å². The van der Waals surface area contributed by atoms with Gasteiger partial charge in [-0.3, -0.25) is 5.32 Å². The van der Waals surface area contributed by atoms with E-state index in [1.165, 1.54) is 44.1 Å². The first-order chi connectivity index (χ1) is 26.5. The standard InChI is InChI=1S/C40H36N4.C6H10.2C2H6/c1-27-13-9-10-18-33(27)35-26-36-34-19-11-12-20-37(34)44(38(36)25-28(35)2)32-23-21-29(22-24-32)39(41)43-40(30-14-5-3-6-15-30)42-31-16-7-4-8-17-31;1-3-5-6-4-2;2*1-2/h3-26,39-40,42-43H,41H2,1-2H3;3-6H,1-2H3;2*1-2H3/b;5-3-,6-4-;;. The summed E-state index contributed by atoms with van der Waals surface area (Å²) in [6, 6.07) is 51.2. The molecule has 0 saturated carbocycles. The second-order valence-corrected chi connectivity index (χ2v) is 12.5. The van der Waals surface area contributed by atoms with Crippen molar-refractivity contribution in [2.24, 2.45) is 5.73 Å². The number of rotatable bonds is 9. The minimum absolute atomic E-state index is 0.156. The number of nitrogens with one attached hydrogen (secondary N) is 2. The predicted octanol–water partition coefficient (Wildman–Crippen LogP) is 13.6. The number of aryl methyl sites for hydroxylation is 2. The highest BCUT2D eigenvalue weighted by atomic mass is 15.2. The Bertz CT molecular complexity index is 2200. The van der Waals surface area contributed by atoms with Crippen molar-refractivity contribution in [3.63, 3.8) is 0 Å². The molecule has 7 aromatic rings. The molecule has 1 heterocycles. The Kier molecular flexibility index (Phi) is 16.1. The molecule has 4 nitrogen and oxygen atoms in total. The molecule has 0 saturated heterocycles. The van der Waals surface area contributed by atoms with E-state index in [4.69, 9.17) is 5.73 Å². The Hall–Kier alpha value is -5.68. The summed E-state index contributed by atoms with van der Waals surface area (Å²) in [6.45, 7) is 16.4. The maximum Gasteiger partial charge on any atom is 0.105 e. The zero-order chi connectivity index (χ0) is 38.9. The molecule has 0 aliphatic rings. The van der Waals surface area contributed by atoms with Crippen molar-refractivity contribution >= 4 is 27.5 Å². The van der Waals surface area contributed by atoms with Gasteiger partial charge in [-0.25, -0.2) is 0 Å². The van der Waals surface area contributed by atoms with E-state index < -0.39 is 0 Å². The summed E-state index contributed by atoms with van der Waals surface area (Å²) >= 11 is 0. The third kappa shape index (κ3) is 10.0. The lowest BCUT2D eigenvalue weighted by molar-refractivity contribution is 0.487. The van der Waals surface area contributed by atoms with Gasteiger partial charge in [0.15, 0.2) is 0 Å². The molecule has 0 fully saturated rings. The molecule has 0 radical (unpaired) electrons. The van der Waals surface area contributed by atoms with Crippen LogP contribution in [0.25, 0.3) is 38.6 Å². The Balaban J connectivity index is 0.000000586. The average molecular weight is 715 g/mol. The van der Waals surface area contributed by atoms with Crippen LogP contribution in [0.4, 0.5) is 5.69 Å². The van der Waals surface area contributed by atoms with Gasteiger partial charge in [0.25, 0.3) is 0 Å². The van der Waals surface area contributed by atoms with Gasteiger partial charge in [0.05, 0.1) is 17.2 Å². The highest BCUT2D eigenvalue weighted by Crippen LogP contribution is 2.37.